The van der Waals surface area contributed by atoms with E-state index in [0.29, 0.717) is 9.10 Å². The standard InChI is InChI=1S/C18H19N3O2S2/c22-25(23,14-5-2-1-3-6-14)17-13-15-16(24-17)7-9-20-18(15)21-11-4-8-19-10-12-21/h1-3,5-7,9,13,19H,4,8,10-12H2. The van der Waals surface area contributed by atoms with Gasteiger partial charge in [0.25, 0.3) is 0 Å². The lowest BCUT2D eigenvalue weighted by Gasteiger charge is -2.21. The zero-order chi connectivity index (χ0) is 17.3. The predicted molar refractivity (Wildman–Crippen MR) is 101 cm³/mol. The summed E-state index contributed by atoms with van der Waals surface area (Å²) in [7, 11) is -3.50. The van der Waals surface area contributed by atoms with Gasteiger partial charge in [0.1, 0.15) is 10.0 Å². The lowest BCUT2D eigenvalue weighted by atomic mass is 10.3. The van der Waals surface area contributed by atoms with Crippen LogP contribution in [-0.4, -0.2) is 39.6 Å². The Bertz CT molecular complexity index is 976. The second kappa shape index (κ2) is 6.74. The number of thiophene rings is 1. The summed E-state index contributed by atoms with van der Waals surface area (Å²) in [5.41, 5.74) is 0. The monoisotopic (exact) mass is 373 g/mol. The normalized spacial score (nSPS) is 16.1. The smallest absolute Gasteiger partial charge is 0.215 e. The van der Waals surface area contributed by atoms with E-state index >= 15 is 0 Å². The summed E-state index contributed by atoms with van der Waals surface area (Å²) in [6, 6.07) is 12.3. The molecule has 1 fully saturated rings. The van der Waals surface area contributed by atoms with Crippen molar-refractivity contribution in [3.05, 3.63) is 48.7 Å². The van der Waals surface area contributed by atoms with Crippen molar-refractivity contribution in [1.82, 2.24) is 10.3 Å². The van der Waals surface area contributed by atoms with Crippen molar-refractivity contribution in [2.75, 3.05) is 31.1 Å². The number of sulfone groups is 1. The molecule has 0 atom stereocenters. The van der Waals surface area contributed by atoms with Crippen molar-refractivity contribution in [2.45, 2.75) is 15.5 Å². The van der Waals surface area contributed by atoms with E-state index in [2.05, 4.69) is 15.2 Å². The lowest BCUT2D eigenvalue weighted by Crippen LogP contribution is -2.28. The molecular formula is C18H19N3O2S2. The fraction of sp³-hybridized carbons (Fsp3) is 0.278. The topological polar surface area (TPSA) is 62.3 Å². The van der Waals surface area contributed by atoms with Gasteiger partial charge in [-0.3, -0.25) is 0 Å². The fourth-order valence-electron chi connectivity index (χ4n) is 3.08. The molecule has 0 spiro atoms. The van der Waals surface area contributed by atoms with Gasteiger partial charge in [-0.05, 0) is 37.2 Å². The van der Waals surface area contributed by atoms with Crippen molar-refractivity contribution < 1.29 is 8.42 Å². The highest BCUT2D eigenvalue weighted by Crippen LogP contribution is 2.36. The van der Waals surface area contributed by atoms with Crippen LogP contribution in [0.1, 0.15) is 6.42 Å². The van der Waals surface area contributed by atoms with Gasteiger partial charge >= 0.3 is 0 Å². The third-order valence-corrected chi connectivity index (χ3v) is 7.70. The van der Waals surface area contributed by atoms with Crippen LogP contribution in [0.2, 0.25) is 0 Å². The summed E-state index contributed by atoms with van der Waals surface area (Å²) < 4.78 is 27.2. The maximum absolute atomic E-state index is 12.9. The largest absolute Gasteiger partial charge is 0.355 e. The van der Waals surface area contributed by atoms with E-state index < -0.39 is 9.84 Å². The van der Waals surface area contributed by atoms with E-state index in [1.807, 2.05) is 12.1 Å². The number of anilines is 1. The van der Waals surface area contributed by atoms with E-state index in [9.17, 15) is 8.42 Å². The van der Waals surface area contributed by atoms with E-state index in [0.717, 1.165) is 48.5 Å². The maximum Gasteiger partial charge on any atom is 0.215 e. The van der Waals surface area contributed by atoms with Crippen LogP contribution in [0.4, 0.5) is 5.82 Å². The van der Waals surface area contributed by atoms with Crippen LogP contribution in [0.5, 0.6) is 0 Å². The molecule has 5 nitrogen and oxygen atoms in total. The minimum Gasteiger partial charge on any atom is -0.355 e. The van der Waals surface area contributed by atoms with Crippen LogP contribution in [0, 0.1) is 0 Å². The van der Waals surface area contributed by atoms with Crippen LogP contribution >= 0.6 is 11.3 Å². The molecule has 0 bridgehead atoms. The number of benzene rings is 1. The van der Waals surface area contributed by atoms with Gasteiger partial charge in [-0.25, -0.2) is 13.4 Å². The van der Waals surface area contributed by atoms with Crippen LogP contribution in [0.25, 0.3) is 10.1 Å². The summed E-state index contributed by atoms with van der Waals surface area (Å²) in [6.45, 7) is 3.72. The van der Waals surface area contributed by atoms with E-state index in [1.54, 1.807) is 36.5 Å². The number of rotatable bonds is 3. The quantitative estimate of drug-likeness (QED) is 0.765. The molecule has 0 unspecified atom stereocenters. The maximum atomic E-state index is 12.9. The Morgan fingerprint density at radius 2 is 1.92 bits per heavy atom. The van der Waals surface area contributed by atoms with Gasteiger partial charge in [-0.1, -0.05) is 18.2 Å². The molecule has 1 N–H and O–H groups in total. The average molecular weight is 374 g/mol. The Kier molecular flexibility index (Phi) is 4.45. The Morgan fingerprint density at radius 1 is 1.08 bits per heavy atom. The number of nitrogens with zero attached hydrogens (tertiary/aromatic N) is 2. The number of pyridine rings is 1. The van der Waals surface area contributed by atoms with Gasteiger partial charge in [0.15, 0.2) is 0 Å². The molecule has 25 heavy (non-hydrogen) atoms. The minimum absolute atomic E-state index is 0.329. The molecule has 3 heterocycles. The molecule has 4 rings (SSSR count). The molecule has 2 aromatic heterocycles. The van der Waals surface area contributed by atoms with Crippen LogP contribution in [0.15, 0.2) is 57.8 Å². The average Bonchev–Trinajstić information content (AvgIpc) is 2.91. The first-order valence-corrected chi connectivity index (χ1v) is 10.6. The molecule has 1 aliphatic heterocycles. The van der Waals surface area contributed by atoms with Crippen molar-refractivity contribution in [3.63, 3.8) is 0 Å². The number of nitrogens with one attached hydrogen (secondary N) is 1. The second-order valence-corrected chi connectivity index (χ2v) is 9.28. The first-order chi connectivity index (χ1) is 12.2. The van der Waals surface area contributed by atoms with Gasteiger partial charge in [-0.15, -0.1) is 11.3 Å². The van der Waals surface area contributed by atoms with E-state index in [1.165, 1.54) is 11.3 Å². The molecule has 3 aromatic rings. The number of fused-ring (bicyclic) bond motifs is 1. The van der Waals surface area contributed by atoms with Crippen molar-refractivity contribution >= 4 is 37.1 Å². The molecule has 0 amide bonds. The lowest BCUT2D eigenvalue weighted by molar-refractivity contribution is 0.598. The summed E-state index contributed by atoms with van der Waals surface area (Å²) in [4.78, 5) is 7.12. The van der Waals surface area contributed by atoms with Crippen molar-refractivity contribution in [2.24, 2.45) is 0 Å². The first-order valence-electron chi connectivity index (χ1n) is 8.30. The fourth-order valence-corrected chi connectivity index (χ4v) is 5.88. The van der Waals surface area contributed by atoms with Crippen molar-refractivity contribution in [3.8, 4) is 0 Å². The number of hydrogen-bond acceptors (Lipinski definition) is 6. The van der Waals surface area contributed by atoms with Gasteiger partial charge in [0, 0.05) is 35.9 Å². The zero-order valence-corrected chi connectivity index (χ0v) is 15.3. The van der Waals surface area contributed by atoms with Crippen LogP contribution < -0.4 is 10.2 Å². The molecule has 0 radical (unpaired) electrons. The molecule has 1 aliphatic rings. The highest BCUT2D eigenvalue weighted by atomic mass is 32.2. The Balaban J connectivity index is 1.79. The summed E-state index contributed by atoms with van der Waals surface area (Å²) in [6.07, 6.45) is 2.82. The van der Waals surface area contributed by atoms with E-state index in [4.69, 9.17) is 0 Å². The Labute approximate surface area is 151 Å². The summed E-state index contributed by atoms with van der Waals surface area (Å²) in [5, 5.41) is 4.30. The molecule has 1 aromatic carbocycles. The molecule has 1 saturated heterocycles. The first kappa shape index (κ1) is 16.5. The highest BCUT2D eigenvalue weighted by molar-refractivity contribution is 7.93. The zero-order valence-electron chi connectivity index (χ0n) is 13.7. The SMILES string of the molecule is O=S(=O)(c1ccccc1)c1cc2c(N3CCCNCC3)nccc2s1. The molecule has 0 saturated carbocycles. The highest BCUT2D eigenvalue weighted by Gasteiger charge is 2.22. The summed E-state index contributed by atoms with van der Waals surface area (Å²) >= 11 is 1.31. The van der Waals surface area contributed by atoms with Crippen molar-refractivity contribution in [1.29, 1.82) is 0 Å². The van der Waals surface area contributed by atoms with Gasteiger partial charge in [0.2, 0.25) is 9.84 Å². The Hall–Kier alpha value is -1.96. The van der Waals surface area contributed by atoms with Crippen LogP contribution in [0.3, 0.4) is 0 Å². The van der Waals surface area contributed by atoms with Gasteiger partial charge in [-0.2, -0.15) is 0 Å². The third-order valence-electron chi connectivity index (χ3n) is 4.36. The van der Waals surface area contributed by atoms with E-state index in [-0.39, 0.29) is 0 Å². The molecule has 0 aliphatic carbocycles. The predicted octanol–water partition coefficient (Wildman–Crippen LogP) is 2.93. The Morgan fingerprint density at radius 3 is 2.76 bits per heavy atom. The molecular weight excluding hydrogens is 354 g/mol. The van der Waals surface area contributed by atoms with Crippen LogP contribution in [-0.2, 0) is 9.84 Å². The molecule has 130 valence electrons. The summed E-state index contributed by atoms with van der Waals surface area (Å²) in [5.74, 6) is 0.881. The second-order valence-electron chi connectivity index (χ2n) is 6.02. The number of hydrogen-bond donors (Lipinski definition) is 1. The van der Waals surface area contributed by atoms with Gasteiger partial charge < -0.3 is 10.2 Å². The minimum atomic E-state index is -3.50. The van der Waals surface area contributed by atoms with Gasteiger partial charge in [0.05, 0.1) is 4.90 Å². The third kappa shape index (κ3) is 3.15. The number of aromatic nitrogens is 1. The molecule has 7 heteroatoms.